The van der Waals surface area contributed by atoms with E-state index in [1.165, 1.54) is 11.3 Å². The molecule has 2 amide bonds. The van der Waals surface area contributed by atoms with Crippen molar-refractivity contribution in [2.45, 2.75) is 45.6 Å². The first-order chi connectivity index (χ1) is 11.1. The predicted molar refractivity (Wildman–Crippen MR) is 88.4 cm³/mol. The van der Waals surface area contributed by atoms with Crippen molar-refractivity contribution >= 4 is 6.03 Å². The van der Waals surface area contributed by atoms with Crippen LogP contribution in [0.5, 0.6) is 0 Å². The average molecular weight is 320 g/mol. The van der Waals surface area contributed by atoms with E-state index in [1.807, 2.05) is 23.6 Å². The maximum atomic E-state index is 12.5. The standard InChI is InChI=1S/C17H28N4O2/c1-12-16(13(2)20(3)19-12)6-8-18-17(22)21(15-4-5-15)10-14-7-9-23-11-14/h14-15H,4-11H2,1-3H3,(H,18,22). The first-order valence-corrected chi connectivity index (χ1v) is 8.67. The Balaban J connectivity index is 1.50. The molecule has 6 nitrogen and oxygen atoms in total. The Morgan fingerprint density at radius 1 is 1.39 bits per heavy atom. The number of aryl methyl sites for hydroxylation is 2. The van der Waals surface area contributed by atoms with Gasteiger partial charge in [-0.1, -0.05) is 0 Å². The molecule has 1 saturated carbocycles. The number of amides is 2. The van der Waals surface area contributed by atoms with Crippen LogP contribution in [-0.4, -0.2) is 53.1 Å². The zero-order chi connectivity index (χ0) is 16.4. The largest absolute Gasteiger partial charge is 0.381 e. The van der Waals surface area contributed by atoms with Crippen molar-refractivity contribution < 1.29 is 9.53 Å². The molecular formula is C17H28N4O2. The van der Waals surface area contributed by atoms with Crippen molar-refractivity contribution in [3.63, 3.8) is 0 Å². The second-order valence-electron chi connectivity index (χ2n) is 6.87. The lowest BCUT2D eigenvalue weighted by molar-refractivity contribution is 0.162. The molecule has 6 heteroatoms. The summed E-state index contributed by atoms with van der Waals surface area (Å²) in [5.74, 6) is 0.504. The van der Waals surface area contributed by atoms with Crippen LogP contribution in [0, 0.1) is 19.8 Å². The maximum Gasteiger partial charge on any atom is 0.317 e. The Labute approximate surface area is 138 Å². The van der Waals surface area contributed by atoms with Crippen LogP contribution >= 0.6 is 0 Å². The second kappa shape index (κ2) is 6.91. The van der Waals surface area contributed by atoms with Gasteiger partial charge >= 0.3 is 6.03 Å². The third-order valence-electron chi connectivity index (χ3n) is 5.04. The van der Waals surface area contributed by atoms with Crippen molar-refractivity contribution in [3.05, 3.63) is 17.0 Å². The molecule has 1 aliphatic carbocycles. The van der Waals surface area contributed by atoms with Gasteiger partial charge in [-0.25, -0.2) is 4.79 Å². The fourth-order valence-corrected chi connectivity index (χ4v) is 3.36. The highest BCUT2D eigenvalue weighted by Gasteiger charge is 2.34. The second-order valence-corrected chi connectivity index (χ2v) is 6.87. The third kappa shape index (κ3) is 3.86. The summed E-state index contributed by atoms with van der Waals surface area (Å²) in [6.45, 7) is 7.24. The van der Waals surface area contributed by atoms with Crippen LogP contribution in [0.25, 0.3) is 0 Å². The van der Waals surface area contributed by atoms with Crippen LogP contribution in [0.4, 0.5) is 4.79 Å². The topological polar surface area (TPSA) is 59.4 Å². The molecular weight excluding hydrogens is 292 g/mol. The highest BCUT2D eigenvalue weighted by atomic mass is 16.5. The number of hydrogen-bond donors (Lipinski definition) is 1. The average Bonchev–Trinajstić information content (AvgIpc) is 3.17. The Morgan fingerprint density at radius 2 is 2.17 bits per heavy atom. The first kappa shape index (κ1) is 16.3. The van der Waals surface area contributed by atoms with E-state index >= 15 is 0 Å². The highest BCUT2D eigenvalue weighted by molar-refractivity contribution is 5.75. The summed E-state index contributed by atoms with van der Waals surface area (Å²) >= 11 is 0. The fraction of sp³-hybridized carbons (Fsp3) is 0.765. The Hall–Kier alpha value is -1.56. The molecule has 128 valence electrons. The Bertz CT molecular complexity index is 559. The van der Waals surface area contributed by atoms with Gasteiger partial charge in [0.15, 0.2) is 0 Å². The van der Waals surface area contributed by atoms with E-state index in [-0.39, 0.29) is 6.03 Å². The number of urea groups is 1. The molecule has 2 fully saturated rings. The number of carbonyl (C=O) groups excluding carboxylic acids is 1. The van der Waals surface area contributed by atoms with Gasteiger partial charge in [-0.3, -0.25) is 4.68 Å². The van der Waals surface area contributed by atoms with Gasteiger partial charge in [0.1, 0.15) is 0 Å². The number of aromatic nitrogens is 2. The lowest BCUT2D eigenvalue weighted by atomic mass is 10.1. The van der Waals surface area contributed by atoms with E-state index < -0.39 is 0 Å². The van der Waals surface area contributed by atoms with Gasteiger partial charge in [-0.15, -0.1) is 0 Å². The molecule has 23 heavy (non-hydrogen) atoms. The number of ether oxygens (including phenoxy) is 1. The quantitative estimate of drug-likeness (QED) is 0.869. The molecule has 0 bridgehead atoms. The molecule has 1 unspecified atom stereocenters. The van der Waals surface area contributed by atoms with Gasteiger partial charge in [0.2, 0.25) is 0 Å². The lowest BCUT2D eigenvalue weighted by Crippen LogP contribution is -2.44. The molecule has 0 aromatic carbocycles. The van der Waals surface area contributed by atoms with Crippen LogP contribution in [0.15, 0.2) is 0 Å². The number of rotatable bonds is 6. The van der Waals surface area contributed by atoms with Gasteiger partial charge < -0.3 is 15.0 Å². The molecule has 1 N–H and O–H groups in total. The van der Waals surface area contributed by atoms with Crippen molar-refractivity contribution in [1.82, 2.24) is 20.0 Å². The minimum Gasteiger partial charge on any atom is -0.381 e. The van der Waals surface area contributed by atoms with Gasteiger partial charge in [0.05, 0.1) is 12.3 Å². The SMILES string of the molecule is Cc1nn(C)c(C)c1CCNC(=O)N(CC1CCOC1)C1CC1. The summed E-state index contributed by atoms with van der Waals surface area (Å²) in [6.07, 6.45) is 4.19. The van der Waals surface area contributed by atoms with E-state index in [2.05, 4.69) is 17.3 Å². The van der Waals surface area contributed by atoms with E-state index in [9.17, 15) is 4.79 Å². The minimum absolute atomic E-state index is 0.0820. The van der Waals surface area contributed by atoms with E-state index in [4.69, 9.17) is 4.74 Å². The summed E-state index contributed by atoms with van der Waals surface area (Å²) in [4.78, 5) is 14.6. The van der Waals surface area contributed by atoms with Crippen LogP contribution in [-0.2, 0) is 18.2 Å². The van der Waals surface area contributed by atoms with Crippen LogP contribution < -0.4 is 5.32 Å². The van der Waals surface area contributed by atoms with Crippen molar-refractivity contribution in [3.8, 4) is 0 Å². The zero-order valence-corrected chi connectivity index (χ0v) is 14.5. The third-order valence-corrected chi connectivity index (χ3v) is 5.04. The van der Waals surface area contributed by atoms with E-state index in [0.717, 1.165) is 51.1 Å². The number of carbonyl (C=O) groups is 1. The molecule has 0 spiro atoms. The predicted octanol–water partition coefficient (Wildman–Crippen LogP) is 1.79. The summed E-state index contributed by atoms with van der Waals surface area (Å²) in [5.41, 5.74) is 3.48. The van der Waals surface area contributed by atoms with E-state index in [0.29, 0.717) is 18.5 Å². The maximum absolute atomic E-state index is 12.5. The number of hydrogen-bond acceptors (Lipinski definition) is 3. The summed E-state index contributed by atoms with van der Waals surface area (Å²) in [6, 6.07) is 0.524. The Kier molecular flexibility index (Phi) is 4.90. The van der Waals surface area contributed by atoms with Gasteiger partial charge in [0, 0.05) is 44.4 Å². The molecule has 1 aromatic heterocycles. The summed E-state index contributed by atoms with van der Waals surface area (Å²) in [7, 11) is 1.96. The number of nitrogens with one attached hydrogen (secondary N) is 1. The Morgan fingerprint density at radius 3 is 2.74 bits per heavy atom. The van der Waals surface area contributed by atoms with Crippen molar-refractivity contribution in [1.29, 1.82) is 0 Å². The highest BCUT2D eigenvalue weighted by Crippen LogP contribution is 2.29. The van der Waals surface area contributed by atoms with Gasteiger partial charge in [-0.05, 0) is 45.1 Å². The van der Waals surface area contributed by atoms with Crippen molar-refractivity contribution in [2.75, 3.05) is 26.3 Å². The van der Waals surface area contributed by atoms with Gasteiger partial charge in [0.25, 0.3) is 0 Å². The molecule has 1 aliphatic heterocycles. The minimum atomic E-state index is 0.0820. The van der Waals surface area contributed by atoms with Gasteiger partial charge in [-0.2, -0.15) is 5.10 Å². The van der Waals surface area contributed by atoms with Crippen LogP contribution in [0.1, 0.15) is 36.2 Å². The lowest BCUT2D eigenvalue weighted by Gasteiger charge is -2.25. The molecule has 3 rings (SSSR count). The van der Waals surface area contributed by atoms with Crippen LogP contribution in [0.2, 0.25) is 0 Å². The molecule has 0 radical (unpaired) electrons. The molecule has 1 aromatic rings. The number of nitrogens with zero attached hydrogens (tertiary/aromatic N) is 3. The van der Waals surface area contributed by atoms with Crippen LogP contribution in [0.3, 0.4) is 0 Å². The first-order valence-electron chi connectivity index (χ1n) is 8.67. The smallest absolute Gasteiger partial charge is 0.317 e. The summed E-state index contributed by atoms with van der Waals surface area (Å²) < 4.78 is 7.34. The molecule has 2 aliphatic rings. The monoisotopic (exact) mass is 320 g/mol. The summed E-state index contributed by atoms with van der Waals surface area (Å²) in [5, 5.41) is 7.53. The van der Waals surface area contributed by atoms with E-state index in [1.54, 1.807) is 0 Å². The zero-order valence-electron chi connectivity index (χ0n) is 14.5. The normalized spacial score (nSPS) is 20.7. The molecule has 1 atom stereocenters. The molecule has 1 saturated heterocycles. The molecule has 2 heterocycles. The fourth-order valence-electron chi connectivity index (χ4n) is 3.36. The van der Waals surface area contributed by atoms with Crippen molar-refractivity contribution in [2.24, 2.45) is 13.0 Å².